The van der Waals surface area contributed by atoms with Crippen LogP contribution in [0.15, 0.2) is 66.1 Å². The molecule has 1 aliphatic rings. The van der Waals surface area contributed by atoms with Gasteiger partial charge in [0.05, 0.1) is 40.7 Å². The Hall–Kier alpha value is -4.46. The molecule has 0 bridgehead atoms. The fourth-order valence-electron chi connectivity index (χ4n) is 4.32. The minimum absolute atomic E-state index is 0.0279. The molecule has 0 saturated carbocycles. The number of aromatic nitrogens is 3. The van der Waals surface area contributed by atoms with Gasteiger partial charge in [-0.25, -0.2) is 10.1 Å². The van der Waals surface area contributed by atoms with Crippen LogP contribution in [0.4, 0.5) is 34.6 Å². The summed E-state index contributed by atoms with van der Waals surface area (Å²) in [6, 6.07) is 6.35. The summed E-state index contributed by atoms with van der Waals surface area (Å²) in [4.78, 5) is 23.1. The zero-order valence-electron chi connectivity index (χ0n) is 22.9. The predicted octanol–water partition coefficient (Wildman–Crippen LogP) is 2.52. The van der Waals surface area contributed by atoms with Crippen LogP contribution in [-0.2, 0) is 34.3 Å². The Morgan fingerprint density at radius 2 is 1.78 bits per heavy atom. The molecule has 8 N–H and O–H groups in total. The number of hydrogen-bond donors (Lipinski definition) is 7. The van der Waals surface area contributed by atoms with Crippen molar-refractivity contribution < 1.29 is 50.4 Å². The number of H-pyrrole nitrogens is 1. The van der Waals surface area contributed by atoms with Gasteiger partial charge in [-0.1, -0.05) is 5.04 Å². The lowest BCUT2D eigenvalue weighted by Crippen LogP contribution is -2.38. The number of fused-ring (bicyclic) bond motifs is 1. The van der Waals surface area contributed by atoms with Crippen molar-refractivity contribution in [1.29, 1.82) is 0 Å². The third-order valence-corrected chi connectivity index (χ3v) is 8.63. The molecule has 0 radical (unpaired) electrons. The molecule has 0 atom stereocenters. The second-order valence-electron chi connectivity index (χ2n) is 9.27. The molecule has 3 aromatic carbocycles. The molecule has 0 amide bonds. The maximum Gasteiger partial charge on any atom is 0.351 e. The van der Waals surface area contributed by atoms with E-state index in [9.17, 15) is 35.8 Å². The number of aromatic hydroxyl groups is 1. The van der Waals surface area contributed by atoms with Crippen molar-refractivity contribution in [3.05, 3.63) is 46.9 Å². The monoisotopic (exact) mass is 698 g/mol. The number of azo groups is 1. The first-order chi connectivity index (χ1) is 21.7. The summed E-state index contributed by atoms with van der Waals surface area (Å²) in [7, 11) is -9.65. The van der Waals surface area contributed by atoms with Crippen LogP contribution in [0, 0.1) is 0 Å². The van der Waals surface area contributed by atoms with E-state index < -0.39 is 52.8 Å². The lowest BCUT2D eigenvalue weighted by Gasteiger charge is -2.26. The Balaban J connectivity index is 1.71. The highest BCUT2D eigenvalue weighted by molar-refractivity contribution is 7.94. The first kappa shape index (κ1) is 32.9. The molecule has 5 rings (SSSR count). The molecule has 1 fully saturated rings. The maximum absolute atomic E-state index is 12.4. The van der Waals surface area contributed by atoms with Crippen LogP contribution < -0.4 is 21.6 Å². The van der Waals surface area contributed by atoms with Crippen molar-refractivity contribution in [3.63, 3.8) is 0 Å². The molecular formula is C23H22N8O12S3. The number of nitrogens with two attached hydrogens (primary N) is 1. The van der Waals surface area contributed by atoms with Crippen LogP contribution in [0.25, 0.3) is 10.8 Å². The molecule has 2 heterocycles. The van der Waals surface area contributed by atoms with Gasteiger partial charge < -0.3 is 25.8 Å². The summed E-state index contributed by atoms with van der Waals surface area (Å²) < 4.78 is 77.3. The average molecular weight is 699 g/mol. The first-order valence-electron chi connectivity index (χ1n) is 12.6. The molecular weight excluding hydrogens is 676 g/mol. The summed E-state index contributed by atoms with van der Waals surface area (Å²) in [6.45, 7) is 1.48. The molecule has 1 saturated heterocycles. The number of phenols is 1. The summed E-state index contributed by atoms with van der Waals surface area (Å²) in [5, 5.41) is 34.0. The third kappa shape index (κ3) is 7.33. The highest BCUT2D eigenvalue weighted by Crippen LogP contribution is 2.47. The second kappa shape index (κ2) is 13.1. The van der Waals surface area contributed by atoms with E-state index in [4.69, 9.17) is 15.7 Å². The predicted molar refractivity (Wildman–Crippen MR) is 160 cm³/mol. The van der Waals surface area contributed by atoms with Crippen molar-refractivity contribution in [2.24, 2.45) is 10.2 Å². The van der Waals surface area contributed by atoms with Crippen LogP contribution in [0.1, 0.15) is 0 Å². The summed E-state index contributed by atoms with van der Waals surface area (Å²) >= 11 is 0.273. The lowest BCUT2D eigenvalue weighted by atomic mass is 10.1. The van der Waals surface area contributed by atoms with Gasteiger partial charge in [0.15, 0.2) is 5.75 Å². The van der Waals surface area contributed by atoms with E-state index in [-0.39, 0.29) is 51.0 Å². The molecule has 20 nitrogen and oxygen atoms in total. The normalized spacial score (nSPS) is 14.3. The zero-order valence-corrected chi connectivity index (χ0v) is 25.3. The van der Waals surface area contributed by atoms with E-state index in [2.05, 4.69) is 39.9 Å². The van der Waals surface area contributed by atoms with Crippen molar-refractivity contribution in [2.75, 3.05) is 42.3 Å². The van der Waals surface area contributed by atoms with Gasteiger partial charge in [0.25, 0.3) is 20.2 Å². The zero-order chi connectivity index (χ0) is 33.2. The number of morpholine rings is 1. The molecule has 0 aliphatic carbocycles. The van der Waals surface area contributed by atoms with E-state index in [1.165, 1.54) is 12.1 Å². The molecule has 4 aromatic rings. The van der Waals surface area contributed by atoms with E-state index in [0.717, 1.165) is 24.3 Å². The maximum atomic E-state index is 12.4. The van der Waals surface area contributed by atoms with Gasteiger partial charge in [-0.2, -0.15) is 26.8 Å². The Kier molecular flexibility index (Phi) is 9.38. The molecule has 1 aromatic heterocycles. The minimum Gasteiger partial charge on any atom is -0.505 e. The average Bonchev–Trinajstić information content (AvgIpc) is 2.98. The molecule has 0 unspecified atom stereocenters. The van der Waals surface area contributed by atoms with Gasteiger partial charge in [0, 0.05) is 24.2 Å². The van der Waals surface area contributed by atoms with Crippen molar-refractivity contribution in [2.45, 2.75) is 14.7 Å². The smallest absolute Gasteiger partial charge is 0.351 e. The number of nitrogen functional groups attached to an aromatic ring is 1. The van der Waals surface area contributed by atoms with Crippen LogP contribution in [0.2, 0.25) is 0 Å². The summed E-state index contributed by atoms with van der Waals surface area (Å²) in [6.07, 6.45) is 0. The number of nitrogens with one attached hydrogen (secondary N) is 2. The Morgan fingerprint density at radius 1 is 1.04 bits per heavy atom. The molecule has 23 heteroatoms. The standard InChI is InChI=1S/C23H22N8O12S3/c24-12-1-2-17(46(38,39)40)14(9-12)29-30-19-16(44-43-42-34)8-11-7-13(45(35,36)37)10-15(18(11)20(19)32)25-21-26-22(28-23(33)27-21)31-3-5-41-6-4-31/h1-2,7-10,32,34H,3-6,24H2,(H,35,36,37)(H,38,39,40)(H2,25,26,27,28,33). The molecule has 1 aliphatic heterocycles. The van der Waals surface area contributed by atoms with E-state index >= 15 is 0 Å². The summed E-state index contributed by atoms with van der Waals surface area (Å²) in [5.41, 5.74) is 3.88. The lowest BCUT2D eigenvalue weighted by molar-refractivity contribution is -0.432. The largest absolute Gasteiger partial charge is 0.505 e. The highest BCUT2D eigenvalue weighted by Gasteiger charge is 2.23. The van der Waals surface area contributed by atoms with Gasteiger partial charge in [-0.15, -0.1) is 14.6 Å². The molecule has 46 heavy (non-hydrogen) atoms. The number of ether oxygens (including phenoxy) is 1. The van der Waals surface area contributed by atoms with Gasteiger partial charge in [-0.05, 0) is 41.8 Å². The number of phenolic OH excluding ortho intramolecular Hbond substituents is 1. The molecule has 244 valence electrons. The second-order valence-corrected chi connectivity index (χ2v) is 12.8. The number of benzene rings is 3. The fourth-order valence-corrected chi connectivity index (χ4v) is 5.96. The van der Waals surface area contributed by atoms with Crippen molar-refractivity contribution >= 4 is 77.7 Å². The number of hydrogen-bond acceptors (Lipinski definition) is 18. The fraction of sp³-hybridized carbons (Fsp3) is 0.174. The topological polar surface area (TPSA) is 302 Å². The van der Waals surface area contributed by atoms with Crippen LogP contribution in [0.5, 0.6) is 5.75 Å². The van der Waals surface area contributed by atoms with Gasteiger partial charge in [0.2, 0.25) is 11.9 Å². The third-order valence-electron chi connectivity index (χ3n) is 6.28. The minimum atomic E-state index is -4.85. The SMILES string of the molecule is Nc1ccc(S(=O)(=O)O)c(N=Nc2c(SOOO)cc3cc(S(=O)(=O)O)cc(Nc4nc(N5CCOCC5)nc(=O)[nH]4)c3c2O)c1. The van der Waals surface area contributed by atoms with Crippen molar-refractivity contribution in [1.82, 2.24) is 15.0 Å². The summed E-state index contributed by atoms with van der Waals surface area (Å²) in [5.74, 6) is -0.928. The Bertz CT molecular complexity index is 2120. The quantitative estimate of drug-likeness (QED) is 0.0312. The van der Waals surface area contributed by atoms with E-state index in [1.54, 1.807) is 4.90 Å². The highest BCUT2D eigenvalue weighted by atomic mass is 32.2. The van der Waals surface area contributed by atoms with Crippen LogP contribution in [-0.4, -0.2) is 77.6 Å². The van der Waals surface area contributed by atoms with Gasteiger partial charge in [-0.3, -0.25) is 14.1 Å². The molecule has 0 spiro atoms. The number of anilines is 4. The van der Waals surface area contributed by atoms with Crippen molar-refractivity contribution in [3.8, 4) is 5.75 Å². The number of nitrogens with zero attached hydrogens (tertiary/aromatic N) is 5. The van der Waals surface area contributed by atoms with Gasteiger partial charge in [0.1, 0.15) is 16.3 Å². The number of aromatic amines is 1. The Labute approximate surface area is 262 Å². The van der Waals surface area contributed by atoms with Crippen LogP contribution >= 0.6 is 12.0 Å². The van der Waals surface area contributed by atoms with Crippen LogP contribution in [0.3, 0.4) is 0 Å². The first-order valence-corrected chi connectivity index (χ1v) is 16.2. The van der Waals surface area contributed by atoms with E-state index in [0.29, 0.717) is 26.3 Å². The van der Waals surface area contributed by atoms with Gasteiger partial charge >= 0.3 is 5.69 Å². The number of rotatable bonds is 10. The Morgan fingerprint density at radius 3 is 2.46 bits per heavy atom. The van der Waals surface area contributed by atoms with E-state index in [1.807, 2.05) is 0 Å².